The molecule has 6 heteroatoms. The molecule has 1 aromatic carbocycles. The molecule has 0 spiro atoms. The Morgan fingerprint density at radius 3 is 2.78 bits per heavy atom. The van der Waals surface area contributed by atoms with Crippen LogP contribution in [-0.2, 0) is 4.79 Å². The molecule has 2 rings (SSSR count). The smallest absolute Gasteiger partial charge is 0.276 e. The average Bonchev–Trinajstić information content (AvgIpc) is 2.72. The van der Waals surface area contributed by atoms with Gasteiger partial charge in [0.25, 0.3) is 5.91 Å². The number of halogens is 1. The number of benzene rings is 1. The van der Waals surface area contributed by atoms with E-state index in [2.05, 4.69) is 6.58 Å². The summed E-state index contributed by atoms with van der Waals surface area (Å²) < 4.78 is 5.44. The molecule has 1 heterocycles. The van der Waals surface area contributed by atoms with Gasteiger partial charge in [0.05, 0.1) is 5.02 Å². The SMILES string of the molecule is C=CCOc1ccc(C=C2C(=O)N(CCC)C(=S)N2C)cc1Cl. The maximum atomic E-state index is 12.5. The van der Waals surface area contributed by atoms with Crippen LogP contribution in [0.5, 0.6) is 5.75 Å². The summed E-state index contributed by atoms with van der Waals surface area (Å²) in [5, 5.41) is 1.02. The zero-order valence-corrected chi connectivity index (χ0v) is 14.8. The number of hydrogen-bond acceptors (Lipinski definition) is 3. The van der Waals surface area contributed by atoms with Crippen LogP contribution in [0.3, 0.4) is 0 Å². The largest absolute Gasteiger partial charge is 0.488 e. The van der Waals surface area contributed by atoms with Crippen molar-refractivity contribution in [2.24, 2.45) is 0 Å². The van der Waals surface area contributed by atoms with Gasteiger partial charge in [0.1, 0.15) is 18.1 Å². The van der Waals surface area contributed by atoms with E-state index < -0.39 is 0 Å². The van der Waals surface area contributed by atoms with Crippen molar-refractivity contribution < 1.29 is 9.53 Å². The molecule has 1 aromatic rings. The van der Waals surface area contributed by atoms with E-state index in [9.17, 15) is 4.79 Å². The third-order valence-electron chi connectivity index (χ3n) is 3.41. The number of carbonyl (C=O) groups is 1. The number of likely N-dealkylation sites (N-methyl/N-ethyl adjacent to an activating group) is 1. The Morgan fingerprint density at radius 1 is 1.43 bits per heavy atom. The number of amides is 1. The summed E-state index contributed by atoms with van der Waals surface area (Å²) in [6, 6.07) is 5.39. The van der Waals surface area contributed by atoms with Crippen molar-refractivity contribution in [3.05, 3.63) is 47.1 Å². The highest BCUT2D eigenvalue weighted by Gasteiger charge is 2.34. The number of ether oxygens (including phenoxy) is 1. The predicted molar refractivity (Wildman–Crippen MR) is 97.5 cm³/mol. The summed E-state index contributed by atoms with van der Waals surface area (Å²) in [5.41, 5.74) is 1.36. The summed E-state index contributed by atoms with van der Waals surface area (Å²) in [4.78, 5) is 15.8. The lowest BCUT2D eigenvalue weighted by Gasteiger charge is -2.14. The molecule has 0 aliphatic carbocycles. The second kappa shape index (κ2) is 7.62. The second-order valence-corrected chi connectivity index (χ2v) is 5.89. The molecule has 0 atom stereocenters. The molecule has 0 saturated carbocycles. The molecule has 0 unspecified atom stereocenters. The monoisotopic (exact) mass is 350 g/mol. The Bertz CT molecular complexity index is 673. The van der Waals surface area contributed by atoms with Gasteiger partial charge in [-0.15, -0.1) is 0 Å². The Hall–Kier alpha value is -1.85. The Labute approximate surface area is 147 Å². The summed E-state index contributed by atoms with van der Waals surface area (Å²) in [6.07, 6.45) is 4.29. The number of rotatable bonds is 6. The van der Waals surface area contributed by atoms with Crippen LogP contribution in [0.25, 0.3) is 6.08 Å². The second-order valence-electron chi connectivity index (χ2n) is 5.12. The van der Waals surface area contributed by atoms with E-state index in [0.29, 0.717) is 34.7 Å². The van der Waals surface area contributed by atoms with Gasteiger partial charge >= 0.3 is 0 Å². The molecular weight excluding hydrogens is 332 g/mol. The van der Waals surface area contributed by atoms with Gasteiger partial charge in [-0.1, -0.05) is 37.2 Å². The highest BCUT2D eigenvalue weighted by Crippen LogP contribution is 2.28. The predicted octanol–water partition coefficient (Wildman–Crippen LogP) is 3.71. The summed E-state index contributed by atoms with van der Waals surface area (Å²) in [7, 11) is 1.80. The standard InChI is InChI=1S/C17H19ClN2O2S/c1-4-8-20-16(21)14(19(3)17(20)23)11-12-6-7-15(13(18)10-12)22-9-5-2/h5-7,10-11H,2,4,8-9H2,1,3H3. The Morgan fingerprint density at radius 2 is 2.17 bits per heavy atom. The van der Waals surface area contributed by atoms with Crippen LogP contribution >= 0.6 is 23.8 Å². The number of carbonyl (C=O) groups excluding carboxylic acids is 1. The van der Waals surface area contributed by atoms with Crippen molar-refractivity contribution in [1.82, 2.24) is 9.80 Å². The van der Waals surface area contributed by atoms with Crippen molar-refractivity contribution in [2.75, 3.05) is 20.2 Å². The molecule has 23 heavy (non-hydrogen) atoms. The maximum Gasteiger partial charge on any atom is 0.276 e. The van der Waals surface area contributed by atoms with Gasteiger partial charge < -0.3 is 9.64 Å². The minimum absolute atomic E-state index is 0.0811. The normalized spacial score (nSPS) is 16.4. The lowest BCUT2D eigenvalue weighted by Crippen LogP contribution is -2.31. The van der Waals surface area contributed by atoms with Crippen molar-refractivity contribution >= 4 is 40.9 Å². The van der Waals surface area contributed by atoms with Crippen LogP contribution in [0, 0.1) is 0 Å². The van der Waals surface area contributed by atoms with Crippen LogP contribution in [0.2, 0.25) is 5.02 Å². The molecule has 122 valence electrons. The Kier molecular flexibility index (Phi) is 5.80. The first-order valence-electron chi connectivity index (χ1n) is 7.34. The molecule has 0 N–H and O–H groups in total. The lowest BCUT2D eigenvalue weighted by molar-refractivity contribution is -0.122. The summed E-state index contributed by atoms with van der Waals surface area (Å²) in [5.74, 6) is 0.505. The van der Waals surface area contributed by atoms with Gasteiger partial charge in [0, 0.05) is 13.6 Å². The first kappa shape index (κ1) is 17.5. The molecule has 1 aliphatic rings. The molecule has 0 radical (unpaired) electrons. The van der Waals surface area contributed by atoms with Crippen LogP contribution in [0.1, 0.15) is 18.9 Å². The zero-order valence-electron chi connectivity index (χ0n) is 13.2. The Balaban J connectivity index is 2.27. The van der Waals surface area contributed by atoms with E-state index in [0.717, 1.165) is 12.0 Å². The average molecular weight is 351 g/mol. The maximum absolute atomic E-state index is 12.5. The highest BCUT2D eigenvalue weighted by atomic mass is 35.5. The third kappa shape index (κ3) is 3.74. The van der Waals surface area contributed by atoms with Crippen molar-refractivity contribution in [3.63, 3.8) is 0 Å². The minimum atomic E-state index is -0.0811. The van der Waals surface area contributed by atoms with Gasteiger partial charge in [0.2, 0.25) is 0 Å². The van der Waals surface area contributed by atoms with Gasteiger partial charge in [-0.3, -0.25) is 9.69 Å². The first-order valence-corrected chi connectivity index (χ1v) is 8.12. The fourth-order valence-corrected chi connectivity index (χ4v) is 2.78. The molecule has 1 amide bonds. The van der Waals surface area contributed by atoms with E-state index >= 15 is 0 Å². The summed E-state index contributed by atoms with van der Waals surface area (Å²) >= 11 is 11.5. The molecule has 4 nitrogen and oxygen atoms in total. The first-order chi connectivity index (χ1) is 11.0. The van der Waals surface area contributed by atoms with Crippen molar-refractivity contribution in [3.8, 4) is 5.75 Å². The minimum Gasteiger partial charge on any atom is -0.488 e. The molecular formula is C17H19ClN2O2S. The van der Waals surface area contributed by atoms with Crippen LogP contribution in [-0.4, -0.2) is 41.0 Å². The van der Waals surface area contributed by atoms with E-state index in [4.69, 9.17) is 28.6 Å². The molecule has 0 bridgehead atoms. The van der Waals surface area contributed by atoms with Crippen LogP contribution in [0.4, 0.5) is 0 Å². The van der Waals surface area contributed by atoms with E-state index in [-0.39, 0.29) is 5.91 Å². The van der Waals surface area contributed by atoms with Gasteiger partial charge in [0.15, 0.2) is 5.11 Å². The number of hydrogen-bond donors (Lipinski definition) is 0. The topological polar surface area (TPSA) is 32.8 Å². The quantitative estimate of drug-likeness (QED) is 0.445. The van der Waals surface area contributed by atoms with Crippen LogP contribution < -0.4 is 4.74 Å². The molecule has 1 fully saturated rings. The summed E-state index contributed by atoms with van der Waals surface area (Å²) in [6.45, 7) is 6.62. The third-order valence-corrected chi connectivity index (χ3v) is 4.20. The number of thiocarbonyl (C=S) groups is 1. The fraction of sp³-hybridized carbons (Fsp3) is 0.294. The van der Waals surface area contributed by atoms with Gasteiger partial charge in [-0.2, -0.15) is 0 Å². The van der Waals surface area contributed by atoms with Gasteiger partial charge in [-0.25, -0.2) is 0 Å². The zero-order chi connectivity index (χ0) is 17.0. The van der Waals surface area contributed by atoms with Crippen molar-refractivity contribution in [2.45, 2.75) is 13.3 Å². The molecule has 1 aliphatic heterocycles. The number of nitrogens with zero attached hydrogens (tertiary/aromatic N) is 2. The highest BCUT2D eigenvalue weighted by molar-refractivity contribution is 7.80. The lowest BCUT2D eigenvalue weighted by atomic mass is 10.1. The fourth-order valence-electron chi connectivity index (χ4n) is 2.26. The van der Waals surface area contributed by atoms with Crippen molar-refractivity contribution in [1.29, 1.82) is 0 Å². The molecule has 1 saturated heterocycles. The van der Waals surface area contributed by atoms with E-state index in [1.54, 1.807) is 41.1 Å². The van der Waals surface area contributed by atoms with E-state index in [1.165, 1.54) is 0 Å². The van der Waals surface area contributed by atoms with E-state index in [1.807, 2.05) is 13.0 Å². The van der Waals surface area contributed by atoms with Gasteiger partial charge in [-0.05, 0) is 42.4 Å². The molecule has 0 aromatic heterocycles. The van der Waals surface area contributed by atoms with Crippen LogP contribution in [0.15, 0.2) is 36.6 Å².